The molecule has 0 unspecified atom stereocenters. The summed E-state index contributed by atoms with van der Waals surface area (Å²) in [6.45, 7) is 3.48. The highest BCUT2D eigenvalue weighted by Crippen LogP contribution is 2.51. The molecule has 1 aliphatic carbocycles. The second-order valence-corrected chi connectivity index (χ2v) is 11.1. The Morgan fingerprint density at radius 3 is 2.51 bits per heavy atom. The number of hydrogen-bond donors (Lipinski definition) is 4. The van der Waals surface area contributed by atoms with Crippen LogP contribution in [0.5, 0.6) is 23.0 Å². The molecular formula is C34H44N2O9. The first-order valence-electron chi connectivity index (χ1n) is 15.2. The van der Waals surface area contributed by atoms with E-state index in [2.05, 4.69) is 11.9 Å². The van der Waals surface area contributed by atoms with Crippen LogP contribution >= 0.6 is 0 Å². The zero-order valence-electron chi connectivity index (χ0n) is 26.2. The molecule has 0 aromatic heterocycles. The van der Waals surface area contributed by atoms with E-state index in [1.165, 1.54) is 7.11 Å². The molecule has 4 rings (SSSR count). The van der Waals surface area contributed by atoms with Gasteiger partial charge in [-0.15, -0.1) is 6.58 Å². The van der Waals surface area contributed by atoms with Gasteiger partial charge in [-0.3, -0.25) is 9.59 Å². The standard InChI is InChI=1S/C34H44N2O9/c1-5-6-7-8-9-29(39)36(14-12-22-18-23(42-2)10-11-27(22)43-3)26-19-25(34(41)35-13-15-37)30-24-16-21(20-38)17-28(44-4)32(24)45-33(30)31(26)40/h5,10-11,16-19,26,30-31,33,37-38,40H,1,6-9,12-15,20H2,2-4H3,(H,35,41)/t26-,30+,31+,33+/m1/s1. The highest BCUT2D eigenvalue weighted by atomic mass is 16.5. The van der Waals surface area contributed by atoms with Gasteiger partial charge in [-0.2, -0.15) is 0 Å². The normalized spacial score (nSPS) is 19.8. The van der Waals surface area contributed by atoms with E-state index in [-0.39, 0.29) is 38.6 Å². The number of nitrogens with one attached hydrogen (secondary N) is 1. The molecule has 2 aromatic rings. The largest absolute Gasteiger partial charge is 0.497 e. The first-order chi connectivity index (χ1) is 21.8. The molecule has 244 valence electrons. The maximum Gasteiger partial charge on any atom is 0.247 e. The summed E-state index contributed by atoms with van der Waals surface area (Å²) >= 11 is 0. The Morgan fingerprint density at radius 2 is 1.84 bits per heavy atom. The van der Waals surface area contributed by atoms with E-state index in [4.69, 9.17) is 18.9 Å². The number of unbranched alkanes of at least 4 members (excludes halogenated alkanes) is 2. The molecule has 1 aliphatic heterocycles. The van der Waals surface area contributed by atoms with Crippen molar-refractivity contribution in [1.29, 1.82) is 0 Å². The summed E-state index contributed by atoms with van der Waals surface area (Å²) in [4.78, 5) is 29.1. The van der Waals surface area contributed by atoms with Gasteiger partial charge in [0.05, 0.1) is 46.5 Å². The molecule has 2 amide bonds. The SMILES string of the molecule is C=CCCCCC(=O)N(CCc1cc(OC)ccc1OC)[C@@H]1C=C(C(=O)NCCO)[C@@H]2c3cc(CO)cc(OC)c3O[C@@H]2[C@H]1O. The van der Waals surface area contributed by atoms with Gasteiger partial charge >= 0.3 is 0 Å². The number of fused-ring (bicyclic) bond motifs is 3. The van der Waals surface area contributed by atoms with E-state index in [1.54, 1.807) is 49.5 Å². The van der Waals surface area contributed by atoms with Crippen LogP contribution in [-0.2, 0) is 22.6 Å². The zero-order chi connectivity index (χ0) is 32.5. The van der Waals surface area contributed by atoms with Crippen molar-refractivity contribution >= 4 is 11.8 Å². The monoisotopic (exact) mass is 624 g/mol. The Hall–Kier alpha value is -4.06. The number of ether oxygens (including phenoxy) is 4. The predicted octanol–water partition coefficient (Wildman–Crippen LogP) is 2.65. The fourth-order valence-corrected chi connectivity index (χ4v) is 6.09. The third-order valence-electron chi connectivity index (χ3n) is 8.33. The van der Waals surface area contributed by atoms with E-state index in [1.807, 2.05) is 12.1 Å². The maximum atomic E-state index is 13.9. The molecule has 11 nitrogen and oxygen atoms in total. The van der Waals surface area contributed by atoms with Gasteiger partial charge in [0.2, 0.25) is 11.8 Å². The zero-order valence-corrected chi connectivity index (χ0v) is 26.2. The van der Waals surface area contributed by atoms with Gasteiger partial charge in [0.15, 0.2) is 11.5 Å². The lowest BCUT2D eigenvalue weighted by molar-refractivity contribution is -0.137. The van der Waals surface area contributed by atoms with Crippen LogP contribution in [0.1, 0.15) is 48.3 Å². The molecule has 45 heavy (non-hydrogen) atoms. The number of benzene rings is 2. The van der Waals surface area contributed by atoms with Crippen molar-refractivity contribution in [2.45, 2.75) is 62.9 Å². The summed E-state index contributed by atoms with van der Waals surface area (Å²) in [7, 11) is 4.63. The van der Waals surface area contributed by atoms with Crippen LogP contribution in [-0.4, -0.2) is 91.3 Å². The van der Waals surface area contributed by atoms with Crippen LogP contribution < -0.4 is 24.3 Å². The third kappa shape index (κ3) is 7.43. The topological polar surface area (TPSA) is 147 Å². The second kappa shape index (κ2) is 15.8. The van der Waals surface area contributed by atoms with Crippen molar-refractivity contribution in [3.05, 3.63) is 71.3 Å². The van der Waals surface area contributed by atoms with Crippen molar-refractivity contribution in [2.75, 3.05) is 41.0 Å². The number of aliphatic hydroxyl groups excluding tert-OH is 3. The summed E-state index contributed by atoms with van der Waals surface area (Å²) in [6, 6.07) is 7.93. The van der Waals surface area contributed by atoms with Crippen LogP contribution in [0, 0.1) is 0 Å². The summed E-state index contributed by atoms with van der Waals surface area (Å²) in [5, 5.41) is 33.9. The lowest BCUT2D eigenvalue weighted by Gasteiger charge is -2.41. The molecule has 0 radical (unpaired) electrons. The molecule has 2 aliphatic rings. The molecule has 11 heteroatoms. The van der Waals surface area contributed by atoms with Gasteiger partial charge < -0.3 is 44.5 Å². The van der Waals surface area contributed by atoms with Gasteiger partial charge in [-0.25, -0.2) is 0 Å². The molecule has 0 spiro atoms. The molecule has 1 heterocycles. The average molecular weight is 625 g/mol. The average Bonchev–Trinajstić information content (AvgIpc) is 3.46. The highest BCUT2D eigenvalue weighted by molar-refractivity contribution is 5.96. The van der Waals surface area contributed by atoms with Gasteiger partial charge in [-0.1, -0.05) is 6.08 Å². The van der Waals surface area contributed by atoms with Crippen molar-refractivity contribution in [1.82, 2.24) is 10.2 Å². The fraction of sp³-hybridized carbons (Fsp3) is 0.471. The lowest BCUT2D eigenvalue weighted by atomic mass is 9.77. The van der Waals surface area contributed by atoms with E-state index in [0.29, 0.717) is 52.5 Å². The molecule has 0 fully saturated rings. The number of allylic oxidation sites excluding steroid dienone is 1. The first kappa shape index (κ1) is 33.8. The Labute approximate surface area is 264 Å². The summed E-state index contributed by atoms with van der Waals surface area (Å²) < 4.78 is 22.8. The van der Waals surface area contributed by atoms with Crippen LogP contribution in [0.15, 0.2) is 54.6 Å². The van der Waals surface area contributed by atoms with Crippen molar-refractivity contribution < 1.29 is 43.9 Å². The van der Waals surface area contributed by atoms with Gasteiger partial charge in [0.1, 0.15) is 23.7 Å². The Kier molecular flexibility index (Phi) is 11.9. The number of nitrogens with zero attached hydrogens (tertiary/aromatic N) is 1. The second-order valence-electron chi connectivity index (χ2n) is 11.1. The van der Waals surface area contributed by atoms with Crippen LogP contribution in [0.2, 0.25) is 0 Å². The van der Waals surface area contributed by atoms with Crippen LogP contribution in [0.25, 0.3) is 0 Å². The quantitative estimate of drug-likeness (QED) is 0.164. The number of methoxy groups -OCH3 is 3. The summed E-state index contributed by atoms with van der Waals surface area (Å²) in [6.07, 6.45) is 4.17. The fourth-order valence-electron chi connectivity index (χ4n) is 6.09. The predicted molar refractivity (Wildman–Crippen MR) is 168 cm³/mol. The van der Waals surface area contributed by atoms with Crippen molar-refractivity contribution in [2.24, 2.45) is 0 Å². The van der Waals surface area contributed by atoms with Gasteiger partial charge in [-0.05, 0) is 73.2 Å². The molecular weight excluding hydrogens is 580 g/mol. The maximum absolute atomic E-state index is 13.9. The number of carbonyl (C=O) groups excluding carboxylic acids is 2. The number of rotatable bonds is 16. The van der Waals surface area contributed by atoms with Crippen molar-refractivity contribution in [3.8, 4) is 23.0 Å². The van der Waals surface area contributed by atoms with E-state index < -0.39 is 30.1 Å². The third-order valence-corrected chi connectivity index (χ3v) is 8.33. The minimum atomic E-state index is -1.21. The number of aliphatic hydroxyl groups is 3. The Bertz CT molecular complexity index is 1390. The number of amides is 2. The molecule has 2 aromatic carbocycles. The van der Waals surface area contributed by atoms with Crippen LogP contribution in [0.4, 0.5) is 0 Å². The molecule has 0 saturated heterocycles. The van der Waals surface area contributed by atoms with Gasteiger partial charge in [0.25, 0.3) is 0 Å². The number of hydrogen-bond acceptors (Lipinski definition) is 9. The van der Waals surface area contributed by atoms with Gasteiger partial charge in [0, 0.05) is 30.6 Å². The van der Waals surface area contributed by atoms with E-state index >= 15 is 0 Å². The Morgan fingerprint density at radius 1 is 1.07 bits per heavy atom. The number of carbonyl (C=O) groups is 2. The minimum absolute atomic E-state index is 0.0239. The van der Waals surface area contributed by atoms with E-state index in [0.717, 1.165) is 18.4 Å². The summed E-state index contributed by atoms with van der Waals surface area (Å²) in [5.74, 6) is 0.690. The molecule has 4 N–H and O–H groups in total. The lowest BCUT2D eigenvalue weighted by Crippen LogP contribution is -2.56. The summed E-state index contributed by atoms with van der Waals surface area (Å²) in [5.41, 5.74) is 2.27. The molecule has 4 atom stereocenters. The van der Waals surface area contributed by atoms with E-state index in [9.17, 15) is 24.9 Å². The molecule has 0 saturated carbocycles. The first-order valence-corrected chi connectivity index (χ1v) is 15.2. The smallest absolute Gasteiger partial charge is 0.247 e. The molecule has 0 bridgehead atoms. The van der Waals surface area contributed by atoms with Crippen LogP contribution in [0.3, 0.4) is 0 Å². The Balaban J connectivity index is 1.76. The minimum Gasteiger partial charge on any atom is -0.497 e. The van der Waals surface area contributed by atoms with Crippen molar-refractivity contribution in [3.63, 3.8) is 0 Å². The highest BCUT2D eigenvalue weighted by Gasteiger charge is 2.51.